The average molecular weight is 429 g/mol. The molecule has 9 heteroatoms. The highest BCUT2D eigenvalue weighted by Crippen LogP contribution is 2.38. The zero-order chi connectivity index (χ0) is 21.5. The van der Waals surface area contributed by atoms with E-state index in [9.17, 15) is 10.2 Å². The molecule has 3 aromatic rings. The molecule has 1 fully saturated rings. The summed E-state index contributed by atoms with van der Waals surface area (Å²) in [6, 6.07) is 5.40. The molecule has 30 heavy (non-hydrogen) atoms. The number of phenolic OH excluding ortho intramolecular Hbond substituents is 1. The van der Waals surface area contributed by atoms with Crippen LogP contribution in [-0.4, -0.2) is 61.9 Å². The largest absolute Gasteiger partial charge is 0.507 e. The van der Waals surface area contributed by atoms with Gasteiger partial charge in [0.1, 0.15) is 5.75 Å². The highest BCUT2D eigenvalue weighted by Gasteiger charge is 2.45. The summed E-state index contributed by atoms with van der Waals surface area (Å²) >= 11 is 1.41. The third-order valence-electron chi connectivity index (χ3n) is 6.34. The van der Waals surface area contributed by atoms with Crippen LogP contribution in [0, 0.1) is 5.92 Å². The number of hydrogen-bond donors (Lipinski definition) is 4. The van der Waals surface area contributed by atoms with E-state index in [1.165, 1.54) is 11.3 Å². The lowest BCUT2D eigenvalue weighted by atomic mass is 9.77. The molecule has 160 valence electrons. The number of rotatable bonds is 5. The van der Waals surface area contributed by atoms with Gasteiger partial charge in [0.05, 0.1) is 23.9 Å². The molecule has 2 unspecified atom stereocenters. The van der Waals surface area contributed by atoms with Crippen LogP contribution in [0.25, 0.3) is 21.7 Å². The maximum Gasteiger partial charge on any atom is 0.208 e. The van der Waals surface area contributed by atoms with Crippen molar-refractivity contribution in [3.63, 3.8) is 0 Å². The van der Waals surface area contributed by atoms with Crippen LogP contribution >= 0.6 is 11.3 Å². The number of likely N-dealkylation sites (N-methyl/N-ethyl adjacent to an activating group) is 1. The summed E-state index contributed by atoms with van der Waals surface area (Å²) in [7, 11) is 1.96. The summed E-state index contributed by atoms with van der Waals surface area (Å²) < 4.78 is 0. The van der Waals surface area contributed by atoms with Crippen LogP contribution in [0.3, 0.4) is 0 Å². The number of H-pyrrole nitrogens is 1. The Kier molecular flexibility index (Phi) is 5.52. The van der Waals surface area contributed by atoms with Gasteiger partial charge >= 0.3 is 0 Å². The van der Waals surface area contributed by atoms with Gasteiger partial charge < -0.3 is 20.4 Å². The minimum Gasteiger partial charge on any atom is -0.507 e. The molecule has 4 N–H and O–H groups in total. The number of aromatic hydroxyl groups is 1. The van der Waals surface area contributed by atoms with Crippen LogP contribution in [0.1, 0.15) is 27.2 Å². The Bertz CT molecular complexity index is 1010. The third-order valence-corrected chi connectivity index (χ3v) is 7.39. The minimum atomic E-state index is -0.536. The Labute approximate surface area is 180 Å². The molecular weight excluding hydrogens is 400 g/mol. The van der Waals surface area contributed by atoms with Crippen molar-refractivity contribution in [1.29, 1.82) is 0 Å². The van der Waals surface area contributed by atoms with Gasteiger partial charge in [0.2, 0.25) is 5.13 Å². The van der Waals surface area contributed by atoms with Gasteiger partial charge in [-0.1, -0.05) is 31.3 Å². The van der Waals surface area contributed by atoms with Crippen molar-refractivity contribution in [3.8, 4) is 27.4 Å². The van der Waals surface area contributed by atoms with Gasteiger partial charge in [0.25, 0.3) is 0 Å². The number of benzene rings is 1. The van der Waals surface area contributed by atoms with E-state index in [2.05, 4.69) is 46.5 Å². The number of nitrogens with one attached hydrogen (secondary N) is 2. The van der Waals surface area contributed by atoms with E-state index >= 15 is 0 Å². The topological polar surface area (TPSA) is 110 Å². The van der Waals surface area contributed by atoms with Crippen molar-refractivity contribution < 1.29 is 10.2 Å². The lowest BCUT2D eigenvalue weighted by Gasteiger charge is -2.49. The molecule has 0 spiro atoms. The zero-order valence-corrected chi connectivity index (χ0v) is 18.4. The van der Waals surface area contributed by atoms with Crippen LogP contribution in [0.4, 0.5) is 5.13 Å². The Balaban J connectivity index is 1.59. The van der Waals surface area contributed by atoms with Crippen molar-refractivity contribution in [3.05, 3.63) is 30.6 Å². The molecule has 1 aromatic carbocycles. The minimum absolute atomic E-state index is 0.0749. The number of hydrogen-bond acceptors (Lipinski definition) is 8. The standard InChI is InChI=1S/C21H28N6O2S/c1-5-21(3)18(29)17(12(2)9-22-21)27(4)20-26-25-19(30-20)15-7-6-13(8-16(15)28)14-10-23-24-11-14/h6-8,10-12,17-18,22,28-29H,5,9H2,1-4H3,(H,23,24)/t12?,17-,18?,21-/m0/s1. The molecule has 0 aliphatic carbocycles. The van der Waals surface area contributed by atoms with Crippen molar-refractivity contribution in [2.24, 2.45) is 5.92 Å². The average Bonchev–Trinajstić information content (AvgIpc) is 3.43. The summed E-state index contributed by atoms with van der Waals surface area (Å²) in [5, 5.41) is 41.9. The lowest BCUT2D eigenvalue weighted by Crippen LogP contribution is -2.67. The number of anilines is 1. The van der Waals surface area contributed by atoms with Gasteiger partial charge in [-0.05, 0) is 37.0 Å². The fraction of sp³-hybridized carbons (Fsp3) is 0.476. The Morgan fingerprint density at radius 2 is 2.10 bits per heavy atom. The number of aliphatic hydroxyl groups is 1. The summed E-state index contributed by atoms with van der Waals surface area (Å²) in [6.07, 6.45) is 3.79. The van der Waals surface area contributed by atoms with Gasteiger partial charge in [-0.15, -0.1) is 10.2 Å². The number of aliphatic hydroxyl groups excluding tert-OH is 1. The normalized spacial score (nSPS) is 26.6. The fourth-order valence-corrected chi connectivity index (χ4v) is 5.01. The second kappa shape index (κ2) is 7.98. The first kappa shape index (κ1) is 20.8. The number of aromatic amines is 1. The van der Waals surface area contributed by atoms with E-state index in [0.717, 1.165) is 29.2 Å². The SMILES string of the molecule is CC[C@]1(C)NCC(C)[C@H](N(C)c2nnc(-c3ccc(-c4cn[nH]c4)cc3O)s2)C1O. The molecule has 4 atom stereocenters. The Morgan fingerprint density at radius 3 is 2.77 bits per heavy atom. The van der Waals surface area contributed by atoms with E-state index in [0.29, 0.717) is 10.6 Å². The molecule has 0 amide bonds. The van der Waals surface area contributed by atoms with E-state index in [-0.39, 0.29) is 23.2 Å². The first-order valence-electron chi connectivity index (χ1n) is 10.2. The maximum atomic E-state index is 11.1. The highest BCUT2D eigenvalue weighted by molar-refractivity contribution is 7.18. The highest BCUT2D eigenvalue weighted by atomic mass is 32.1. The third kappa shape index (κ3) is 3.57. The van der Waals surface area contributed by atoms with Crippen molar-refractivity contribution in [1.82, 2.24) is 25.7 Å². The van der Waals surface area contributed by atoms with Crippen LogP contribution in [-0.2, 0) is 0 Å². The van der Waals surface area contributed by atoms with Crippen LogP contribution in [0.15, 0.2) is 30.6 Å². The fourth-order valence-electron chi connectivity index (χ4n) is 4.13. The van der Waals surface area contributed by atoms with E-state index < -0.39 is 6.10 Å². The number of nitrogens with zero attached hydrogens (tertiary/aromatic N) is 4. The molecule has 3 heterocycles. The van der Waals surface area contributed by atoms with E-state index in [4.69, 9.17) is 0 Å². The molecule has 1 aliphatic heterocycles. The Morgan fingerprint density at radius 1 is 1.30 bits per heavy atom. The number of piperidine rings is 1. The summed E-state index contributed by atoms with van der Waals surface area (Å²) in [5.74, 6) is 0.396. The molecular formula is C21H28N6O2S. The molecule has 0 bridgehead atoms. The van der Waals surface area contributed by atoms with Crippen molar-refractivity contribution in [2.75, 3.05) is 18.5 Å². The van der Waals surface area contributed by atoms with E-state index in [1.54, 1.807) is 18.5 Å². The maximum absolute atomic E-state index is 11.1. The van der Waals surface area contributed by atoms with Crippen molar-refractivity contribution >= 4 is 16.5 Å². The van der Waals surface area contributed by atoms with Gasteiger partial charge in [0.15, 0.2) is 5.01 Å². The summed E-state index contributed by atoms with van der Waals surface area (Å²) in [5.41, 5.74) is 2.08. The van der Waals surface area contributed by atoms with Gasteiger partial charge in [-0.25, -0.2) is 0 Å². The number of phenols is 1. The molecule has 0 saturated carbocycles. The monoisotopic (exact) mass is 428 g/mol. The smallest absolute Gasteiger partial charge is 0.208 e. The lowest BCUT2D eigenvalue weighted by molar-refractivity contribution is 0.000420. The second-order valence-electron chi connectivity index (χ2n) is 8.28. The second-order valence-corrected chi connectivity index (χ2v) is 9.24. The quantitative estimate of drug-likeness (QED) is 0.495. The predicted octanol–water partition coefficient (Wildman–Crippen LogP) is 2.87. The van der Waals surface area contributed by atoms with Crippen LogP contribution < -0.4 is 10.2 Å². The predicted molar refractivity (Wildman–Crippen MR) is 119 cm³/mol. The number of aromatic nitrogens is 4. The van der Waals surface area contributed by atoms with E-state index in [1.807, 2.05) is 24.1 Å². The molecule has 8 nitrogen and oxygen atoms in total. The van der Waals surface area contributed by atoms with Gasteiger partial charge in [0, 0.05) is 30.9 Å². The molecule has 2 aromatic heterocycles. The first-order valence-corrected chi connectivity index (χ1v) is 11.0. The molecule has 0 radical (unpaired) electrons. The Hall–Kier alpha value is -2.49. The van der Waals surface area contributed by atoms with Crippen LogP contribution in [0.5, 0.6) is 5.75 Å². The molecule has 4 rings (SSSR count). The summed E-state index contributed by atoms with van der Waals surface area (Å²) in [6.45, 7) is 7.12. The van der Waals surface area contributed by atoms with Crippen molar-refractivity contribution in [2.45, 2.75) is 44.9 Å². The zero-order valence-electron chi connectivity index (χ0n) is 17.6. The molecule has 1 aliphatic rings. The molecule has 1 saturated heterocycles. The van der Waals surface area contributed by atoms with Crippen LogP contribution in [0.2, 0.25) is 0 Å². The first-order chi connectivity index (χ1) is 14.3. The summed E-state index contributed by atoms with van der Waals surface area (Å²) in [4.78, 5) is 2.03. The van der Waals surface area contributed by atoms with Gasteiger partial charge in [-0.2, -0.15) is 5.10 Å². The van der Waals surface area contributed by atoms with Gasteiger partial charge in [-0.3, -0.25) is 5.10 Å².